The van der Waals surface area contributed by atoms with Crippen LogP contribution in [0.15, 0.2) is 84.9 Å². The lowest BCUT2D eigenvalue weighted by atomic mass is 9.87. The second-order valence-electron chi connectivity index (χ2n) is 9.14. The summed E-state index contributed by atoms with van der Waals surface area (Å²) in [6.45, 7) is 12.8. The normalized spacial score (nSPS) is 11.7. The van der Waals surface area contributed by atoms with Gasteiger partial charge in [0.25, 0.3) is 0 Å². The molecule has 0 N–H and O–H groups in total. The highest BCUT2D eigenvalue weighted by Crippen LogP contribution is 2.48. The topological polar surface area (TPSA) is 69.7 Å². The first-order chi connectivity index (χ1) is 16.4. The summed E-state index contributed by atoms with van der Waals surface area (Å²) in [7, 11) is -3.71. The van der Waals surface area contributed by atoms with Crippen LogP contribution in [0.2, 0.25) is 0 Å². The van der Waals surface area contributed by atoms with Gasteiger partial charge in [-0.3, -0.25) is 4.89 Å². The van der Waals surface area contributed by atoms with Crippen LogP contribution >= 0.6 is 10.5 Å². The van der Waals surface area contributed by atoms with E-state index in [4.69, 9.17) is 0 Å². The van der Waals surface area contributed by atoms with E-state index in [1.165, 1.54) is 44.5 Å². The van der Waals surface area contributed by atoms with Crippen LogP contribution in [0.5, 0.6) is 0 Å². The Morgan fingerprint density at radius 3 is 1.80 bits per heavy atom. The number of hydrogen-bond acceptors (Lipinski definition) is 5. The number of carbonyl (C=O) groups is 1. The van der Waals surface area contributed by atoms with Crippen molar-refractivity contribution in [1.82, 2.24) is 0 Å². The maximum absolute atomic E-state index is 10.6. The first kappa shape index (κ1) is 26.6. The van der Waals surface area contributed by atoms with E-state index in [0.29, 0.717) is 0 Å². The quantitative estimate of drug-likeness (QED) is 0.121. The Morgan fingerprint density at radius 1 is 0.886 bits per heavy atom. The van der Waals surface area contributed by atoms with Gasteiger partial charge in [0.1, 0.15) is 0 Å². The molecule has 4 rings (SSSR count). The molecular formula is C28H31O5S2+. The van der Waals surface area contributed by atoms with Gasteiger partial charge in [0.2, 0.25) is 0 Å². The zero-order chi connectivity index (χ0) is 25.8. The van der Waals surface area contributed by atoms with Crippen LogP contribution < -0.4 is 0 Å². The number of hydrogen-bond donors (Lipinski definition) is 0. The molecule has 0 radical (unpaired) electrons. The van der Waals surface area contributed by atoms with E-state index in [-0.39, 0.29) is 27.2 Å². The Kier molecular flexibility index (Phi) is 8.15. The lowest BCUT2D eigenvalue weighted by Crippen LogP contribution is -2.13. The lowest BCUT2D eigenvalue weighted by Gasteiger charge is -2.18. The molecule has 0 aliphatic heterocycles. The lowest BCUT2D eigenvalue weighted by molar-refractivity contribution is -0.205. The molecule has 7 heteroatoms. The molecule has 0 fully saturated rings. The van der Waals surface area contributed by atoms with Crippen molar-refractivity contribution in [2.24, 2.45) is 0 Å². The maximum Gasteiger partial charge on any atom is 0.369 e. The number of benzene rings is 3. The predicted octanol–water partition coefficient (Wildman–Crippen LogP) is 7.42. The van der Waals surface area contributed by atoms with Gasteiger partial charge in [-0.25, -0.2) is 4.79 Å². The van der Waals surface area contributed by atoms with Crippen LogP contribution in [0.4, 0.5) is 0 Å². The van der Waals surface area contributed by atoms with Crippen LogP contribution in [0.3, 0.4) is 0 Å². The highest BCUT2D eigenvalue weighted by molar-refractivity contribution is 7.86. The molecule has 1 aromatic heterocycles. The molecule has 1 heterocycles. The summed E-state index contributed by atoms with van der Waals surface area (Å²) in [6.07, 6.45) is 0. The van der Waals surface area contributed by atoms with Crippen LogP contribution in [0.25, 0.3) is 25.1 Å². The van der Waals surface area contributed by atoms with Gasteiger partial charge in [-0.1, -0.05) is 68.1 Å². The molecule has 0 saturated heterocycles. The molecule has 0 atom stereocenters. The van der Waals surface area contributed by atoms with Crippen molar-refractivity contribution in [1.29, 1.82) is 0 Å². The SMILES string of the molecule is C=C(C)C(=O)OOS(=O)(=O)CC.CC(C)(C)c1ccc(-[s+]2c3ccccc3c3ccccc32)cc1. The van der Waals surface area contributed by atoms with E-state index in [0.717, 1.165) is 0 Å². The van der Waals surface area contributed by atoms with Crippen LogP contribution in [0.1, 0.15) is 40.2 Å². The molecule has 0 aliphatic carbocycles. The molecule has 3 aromatic carbocycles. The summed E-state index contributed by atoms with van der Waals surface area (Å²) in [5, 5.41) is 2.79. The standard InChI is InChI=1S/C22H21S.C6H10O5S/c1-22(2,3)16-12-14-17(15-13-16)23-20-10-6-4-8-18(20)19-9-5-7-11-21(19)23;1-4-12(8,9)11-10-6(7)5(2)3/h4-15H,1-3H3;2,4H2,1,3H3/q+1;. The Morgan fingerprint density at radius 2 is 1.37 bits per heavy atom. The molecule has 4 aromatic rings. The summed E-state index contributed by atoms with van der Waals surface area (Å²) in [4.78, 5) is 15.9. The highest BCUT2D eigenvalue weighted by Gasteiger charge is 2.23. The van der Waals surface area contributed by atoms with Crippen LogP contribution in [-0.4, -0.2) is 20.1 Å². The van der Waals surface area contributed by atoms with Crippen molar-refractivity contribution in [3.05, 3.63) is 90.5 Å². The van der Waals surface area contributed by atoms with Crippen molar-refractivity contribution in [3.63, 3.8) is 0 Å². The number of thiophene rings is 1. The minimum Gasteiger partial charge on any atom is -0.276 e. The predicted molar refractivity (Wildman–Crippen MR) is 145 cm³/mol. The van der Waals surface area contributed by atoms with Gasteiger partial charge >= 0.3 is 16.1 Å². The summed E-state index contributed by atoms with van der Waals surface area (Å²) in [5.74, 6) is -1.15. The fraction of sp³-hybridized carbons (Fsp3) is 0.250. The van der Waals surface area contributed by atoms with E-state index < -0.39 is 16.1 Å². The van der Waals surface area contributed by atoms with Crippen molar-refractivity contribution in [2.75, 3.05) is 5.75 Å². The third-order valence-corrected chi connectivity index (χ3v) is 8.69. The minimum absolute atomic E-state index is 0.0244. The van der Waals surface area contributed by atoms with E-state index in [1.807, 2.05) is 0 Å². The molecule has 0 spiro atoms. The Balaban J connectivity index is 0.000000245. The van der Waals surface area contributed by atoms with Crippen molar-refractivity contribution in [3.8, 4) is 4.90 Å². The zero-order valence-corrected chi connectivity index (χ0v) is 22.3. The minimum atomic E-state index is -3.73. The van der Waals surface area contributed by atoms with E-state index in [2.05, 4.69) is 109 Å². The fourth-order valence-corrected chi connectivity index (χ4v) is 6.04. The first-order valence-electron chi connectivity index (χ1n) is 11.3. The second kappa shape index (κ2) is 10.7. The summed E-state index contributed by atoms with van der Waals surface area (Å²) >= 11 is 0. The Hall–Kier alpha value is -3.00. The molecule has 0 aliphatic rings. The average Bonchev–Trinajstić information content (AvgIpc) is 3.17. The van der Waals surface area contributed by atoms with Gasteiger partial charge in [-0.05, 0) is 61.2 Å². The van der Waals surface area contributed by atoms with Gasteiger partial charge < -0.3 is 0 Å². The molecule has 0 bridgehead atoms. The Labute approximate surface area is 210 Å². The van der Waals surface area contributed by atoms with Crippen LogP contribution in [0, 0.1) is 0 Å². The zero-order valence-electron chi connectivity index (χ0n) is 20.7. The number of rotatable bonds is 5. The second-order valence-corrected chi connectivity index (χ2v) is 12.9. The summed E-state index contributed by atoms with van der Waals surface area (Å²) in [5.41, 5.74) is 1.67. The van der Waals surface area contributed by atoms with Gasteiger partial charge in [0.15, 0.2) is 14.3 Å². The maximum atomic E-state index is 10.6. The van der Waals surface area contributed by atoms with Gasteiger partial charge in [0, 0.05) is 26.8 Å². The van der Waals surface area contributed by atoms with Crippen molar-refractivity contribution >= 4 is 46.7 Å². The van der Waals surface area contributed by atoms with Crippen molar-refractivity contribution in [2.45, 2.75) is 40.0 Å². The smallest absolute Gasteiger partial charge is 0.276 e. The van der Waals surface area contributed by atoms with Gasteiger partial charge in [0.05, 0.1) is 5.75 Å². The van der Waals surface area contributed by atoms with Crippen molar-refractivity contribution < 1.29 is 22.4 Å². The van der Waals surface area contributed by atoms with Gasteiger partial charge in [-0.2, -0.15) is 8.42 Å². The molecule has 35 heavy (non-hydrogen) atoms. The fourth-order valence-electron chi connectivity index (χ4n) is 3.40. The molecular weight excluding hydrogens is 480 g/mol. The number of carbonyl (C=O) groups excluding carboxylic acids is 1. The molecule has 5 nitrogen and oxygen atoms in total. The number of fused-ring (bicyclic) bond motifs is 3. The average molecular weight is 512 g/mol. The van der Waals surface area contributed by atoms with E-state index in [9.17, 15) is 13.2 Å². The van der Waals surface area contributed by atoms with E-state index in [1.54, 1.807) is 0 Å². The van der Waals surface area contributed by atoms with E-state index >= 15 is 0 Å². The molecule has 0 saturated carbocycles. The highest BCUT2D eigenvalue weighted by atomic mass is 32.2. The summed E-state index contributed by atoms with van der Waals surface area (Å²) < 4.78 is 28.0. The molecule has 184 valence electrons. The third-order valence-electron chi connectivity index (χ3n) is 5.38. The monoisotopic (exact) mass is 511 g/mol. The van der Waals surface area contributed by atoms with Crippen LogP contribution in [-0.2, 0) is 29.5 Å². The van der Waals surface area contributed by atoms with Gasteiger partial charge in [-0.15, -0.1) is 0 Å². The summed E-state index contributed by atoms with van der Waals surface area (Å²) in [6, 6.07) is 26.9. The Bertz CT molecular complexity index is 1400. The molecule has 0 unspecified atom stereocenters. The molecule has 0 amide bonds. The largest absolute Gasteiger partial charge is 0.369 e. The first-order valence-corrected chi connectivity index (χ1v) is 14.1. The third kappa shape index (κ3) is 6.36.